The van der Waals surface area contributed by atoms with Crippen LogP contribution in [-0.4, -0.2) is 43.5 Å². The van der Waals surface area contributed by atoms with Crippen LogP contribution in [0.3, 0.4) is 0 Å². The molecule has 7 heteroatoms. The van der Waals surface area contributed by atoms with Crippen LogP contribution in [0.25, 0.3) is 0 Å². The number of ether oxygens (including phenoxy) is 1. The number of carbonyl (C=O) groups excluding carboxylic acids is 3. The number of rotatable bonds is 6. The van der Waals surface area contributed by atoms with Gasteiger partial charge in [0.05, 0.1) is 16.9 Å². The predicted octanol–water partition coefficient (Wildman–Crippen LogP) is 2.43. The molecule has 0 spiro atoms. The first-order chi connectivity index (χ1) is 14.5. The number of esters is 1. The van der Waals surface area contributed by atoms with Crippen LogP contribution in [0.5, 0.6) is 0 Å². The number of aryl methyl sites for hydroxylation is 1. The van der Waals surface area contributed by atoms with Crippen molar-refractivity contribution >= 4 is 29.2 Å². The van der Waals surface area contributed by atoms with Gasteiger partial charge in [0.15, 0.2) is 6.61 Å². The van der Waals surface area contributed by atoms with Gasteiger partial charge in [-0.2, -0.15) is 0 Å². The molecule has 1 saturated heterocycles. The number of hydrogen-bond donors (Lipinski definition) is 2. The van der Waals surface area contributed by atoms with Crippen molar-refractivity contribution in [3.05, 3.63) is 59.2 Å². The topological polar surface area (TPSA) is 87.7 Å². The number of benzene rings is 2. The molecule has 0 saturated carbocycles. The highest BCUT2D eigenvalue weighted by Crippen LogP contribution is 2.37. The molecule has 0 radical (unpaired) electrons. The second-order valence-corrected chi connectivity index (χ2v) is 7.68. The van der Waals surface area contributed by atoms with Gasteiger partial charge in [0.2, 0.25) is 5.91 Å². The van der Waals surface area contributed by atoms with Crippen molar-refractivity contribution in [3.8, 4) is 0 Å². The number of carbonyl (C=O) groups is 3. The lowest BCUT2D eigenvalue weighted by atomic mass is 10.1. The fraction of sp³-hybridized carbons (Fsp3) is 0.348. The summed E-state index contributed by atoms with van der Waals surface area (Å²) in [6, 6.07) is 13.0. The summed E-state index contributed by atoms with van der Waals surface area (Å²) >= 11 is 0. The molecule has 2 aromatic carbocycles. The van der Waals surface area contributed by atoms with E-state index in [1.165, 1.54) is 11.1 Å². The van der Waals surface area contributed by atoms with E-state index in [0.717, 1.165) is 25.1 Å². The van der Waals surface area contributed by atoms with E-state index >= 15 is 0 Å². The lowest BCUT2D eigenvalue weighted by Gasteiger charge is -2.33. The first-order valence-electron chi connectivity index (χ1n) is 10.2. The lowest BCUT2D eigenvalue weighted by Crippen LogP contribution is -2.43. The van der Waals surface area contributed by atoms with Gasteiger partial charge in [-0.25, -0.2) is 4.79 Å². The molecule has 1 fully saturated rings. The third-order valence-electron chi connectivity index (χ3n) is 5.67. The molecule has 7 nitrogen and oxygen atoms in total. The molecule has 0 unspecified atom stereocenters. The number of fused-ring (bicyclic) bond motifs is 3. The Morgan fingerprint density at radius 1 is 1.23 bits per heavy atom. The Morgan fingerprint density at radius 3 is 2.90 bits per heavy atom. The molecule has 2 aliphatic heterocycles. The highest BCUT2D eigenvalue weighted by molar-refractivity contribution is 6.05. The first-order valence-corrected chi connectivity index (χ1v) is 10.2. The molecular formula is C23H25N3O4. The van der Waals surface area contributed by atoms with Crippen LogP contribution in [0, 0.1) is 6.92 Å². The molecule has 2 amide bonds. The van der Waals surface area contributed by atoms with Crippen LogP contribution in [0.15, 0.2) is 42.5 Å². The smallest absolute Gasteiger partial charge is 0.338 e. The average molecular weight is 407 g/mol. The minimum Gasteiger partial charge on any atom is -0.452 e. The van der Waals surface area contributed by atoms with Gasteiger partial charge in [0.1, 0.15) is 6.04 Å². The van der Waals surface area contributed by atoms with Crippen molar-refractivity contribution in [2.24, 2.45) is 0 Å². The number of anilines is 2. The molecule has 2 N–H and O–H groups in total. The van der Waals surface area contributed by atoms with Crippen LogP contribution >= 0.6 is 0 Å². The van der Waals surface area contributed by atoms with Gasteiger partial charge < -0.3 is 20.3 Å². The van der Waals surface area contributed by atoms with Gasteiger partial charge in [0.25, 0.3) is 5.91 Å². The summed E-state index contributed by atoms with van der Waals surface area (Å²) in [4.78, 5) is 38.7. The summed E-state index contributed by atoms with van der Waals surface area (Å²) in [6.45, 7) is 2.99. The molecule has 0 bridgehead atoms. The number of hydrogen-bond acceptors (Lipinski definition) is 5. The highest BCUT2D eigenvalue weighted by Gasteiger charge is 2.36. The quantitative estimate of drug-likeness (QED) is 0.718. The van der Waals surface area contributed by atoms with E-state index in [9.17, 15) is 14.4 Å². The molecule has 4 rings (SSSR count). The average Bonchev–Trinajstić information content (AvgIpc) is 3.24. The van der Waals surface area contributed by atoms with Gasteiger partial charge in [-0.05, 0) is 55.5 Å². The Bertz CT molecular complexity index is 988. The molecule has 2 aliphatic rings. The predicted molar refractivity (Wildman–Crippen MR) is 114 cm³/mol. The van der Waals surface area contributed by atoms with Gasteiger partial charge in [-0.15, -0.1) is 0 Å². The van der Waals surface area contributed by atoms with E-state index in [0.29, 0.717) is 24.2 Å². The van der Waals surface area contributed by atoms with E-state index in [-0.39, 0.29) is 24.5 Å². The summed E-state index contributed by atoms with van der Waals surface area (Å²) in [7, 11) is 0. The zero-order valence-electron chi connectivity index (χ0n) is 16.9. The monoisotopic (exact) mass is 407 g/mol. The normalized spacial score (nSPS) is 17.0. The van der Waals surface area contributed by atoms with Crippen LogP contribution in [0.2, 0.25) is 0 Å². The highest BCUT2D eigenvalue weighted by atomic mass is 16.5. The SMILES string of the molecule is Cc1ccccc1CCNC(=O)COC(=O)c1ccc2c(c1)NC(=O)[C@@H]1CCCN21. The van der Waals surface area contributed by atoms with Gasteiger partial charge in [-0.3, -0.25) is 9.59 Å². The molecule has 1 atom stereocenters. The molecular weight excluding hydrogens is 382 g/mol. The molecule has 30 heavy (non-hydrogen) atoms. The first kappa shape index (κ1) is 19.9. The minimum absolute atomic E-state index is 0.0430. The minimum atomic E-state index is -0.593. The van der Waals surface area contributed by atoms with Crippen LogP contribution in [-0.2, 0) is 20.7 Å². The van der Waals surface area contributed by atoms with Crippen molar-refractivity contribution in [2.75, 3.05) is 29.9 Å². The Kier molecular flexibility index (Phi) is 5.70. The fourth-order valence-electron chi connectivity index (χ4n) is 4.05. The number of nitrogens with zero attached hydrogens (tertiary/aromatic N) is 1. The molecule has 0 aliphatic carbocycles. The largest absolute Gasteiger partial charge is 0.452 e. The summed E-state index contributed by atoms with van der Waals surface area (Å²) in [5.41, 5.74) is 4.18. The van der Waals surface area contributed by atoms with E-state index in [2.05, 4.69) is 15.5 Å². The number of nitrogens with one attached hydrogen (secondary N) is 2. The maximum absolute atomic E-state index is 12.4. The Labute approximate surface area is 175 Å². The van der Waals surface area contributed by atoms with E-state index in [1.807, 2.05) is 37.3 Å². The number of amides is 2. The molecule has 0 aromatic heterocycles. The Balaban J connectivity index is 1.29. The molecule has 2 heterocycles. The fourth-order valence-corrected chi connectivity index (χ4v) is 4.05. The van der Waals surface area contributed by atoms with E-state index < -0.39 is 5.97 Å². The summed E-state index contributed by atoms with van der Waals surface area (Å²) < 4.78 is 5.14. The van der Waals surface area contributed by atoms with Gasteiger partial charge in [-0.1, -0.05) is 24.3 Å². The maximum Gasteiger partial charge on any atom is 0.338 e. The van der Waals surface area contributed by atoms with Crippen molar-refractivity contribution in [2.45, 2.75) is 32.2 Å². The molecule has 2 aromatic rings. The second-order valence-electron chi connectivity index (χ2n) is 7.68. The Hall–Kier alpha value is -3.35. The zero-order chi connectivity index (χ0) is 21.1. The third kappa shape index (κ3) is 4.15. The van der Waals surface area contributed by atoms with E-state index in [4.69, 9.17) is 4.74 Å². The summed E-state index contributed by atoms with van der Waals surface area (Å²) in [5.74, 6) is -0.980. The standard InChI is InChI=1S/C23H25N3O4/c1-15-5-2-3-6-16(15)10-11-24-21(27)14-30-23(29)17-8-9-19-18(13-17)25-22(28)20-7-4-12-26(19)20/h2-3,5-6,8-9,13,20H,4,7,10-12,14H2,1H3,(H,24,27)(H,25,28)/t20-/m0/s1. The maximum atomic E-state index is 12.4. The van der Waals surface area contributed by atoms with Crippen LogP contribution in [0.1, 0.15) is 34.3 Å². The zero-order valence-corrected chi connectivity index (χ0v) is 16.9. The van der Waals surface area contributed by atoms with Gasteiger partial charge in [0, 0.05) is 13.1 Å². The summed E-state index contributed by atoms with van der Waals surface area (Å²) in [5, 5.41) is 5.64. The van der Waals surface area contributed by atoms with Gasteiger partial charge >= 0.3 is 5.97 Å². The van der Waals surface area contributed by atoms with Crippen molar-refractivity contribution in [1.82, 2.24) is 5.32 Å². The third-order valence-corrected chi connectivity index (χ3v) is 5.67. The van der Waals surface area contributed by atoms with Crippen molar-refractivity contribution < 1.29 is 19.1 Å². The summed E-state index contributed by atoms with van der Waals surface area (Å²) in [6.07, 6.45) is 2.53. The lowest BCUT2D eigenvalue weighted by molar-refractivity contribution is -0.124. The van der Waals surface area contributed by atoms with E-state index in [1.54, 1.807) is 12.1 Å². The van der Waals surface area contributed by atoms with Crippen LogP contribution < -0.4 is 15.5 Å². The van der Waals surface area contributed by atoms with Crippen LogP contribution in [0.4, 0.5) is 11.4 Å². The Morgan fingerprint density at radius 2 is 2.07 bits per heavy atom. The molecule has 156 valence electrons. The van der Waals surface area contributed by atoms with Crippen molar-refractivity contribution in [1.29, 1.82) is 0 Å². The second kappa shape index (κ2) is 8.57. The van der Waals surface area contributed by atoms with Crippen molar-refractivity contribution in [3.63, 3.8) is 0 Å².